The Labute approximate surface area is 211 Å². The molecule has 0 amide bonds. The molecule has 6 nitrogen and oxygen atoms in total. The highest BCUT2D eigenvalue weighted by Crippen LogP contribution is 2.16. The molecule has 0 spiro atoms. The highest BCUT2D eigenvalue weighted by atomic mass is 19.2. The zero-order chi connectivity index (χ0) is 26.5. The van der Waals surface area contributed by atoms with Crippen molar-refractivity contribution < 1.29 is 22.7 Å². The number of hydrogen-bond acceptors (Lipinski definition) is 6. The van der Waals surface area contributed by atoms with E-state index in [-0.39, 0.29) is 11.7 Å². The fourth-order valence-corrected chi connectivity index (χ4v) is 3.70. The highest BCUT2D eigenvalue weighted by Gasteiger charge is 2.16. The first kappa shape index (κ1) is 28.9. The van der Waals surface area contributed by atoms with Crippen LogP contribution >= 0.6 is 0 Å². The Balaban J connectivity index is 1.91. The van der Waals surface area contributed by atoms with Crippen molar-refractivity contribution in [1.29, 1.82) is 0 Å². The molecule has 2 aromatic rings. The zero-order valence-corrected chi connectivity index (χ0v) is 21.3. The van der Waals surface area contributed by atoms with Crippen molar-refractivity contribution in [2.45, 2.75) is 39.7 Å². The lowest BCUT2D eigenvalue weighted by Crippen LogP contribution is -2.35. The number of rotatable bonds is 15. The molecule has 196 valence electrons. The Kier molecular flexibility index (Phi) is 12.0. The molecule has 0 saturated carbocycles. The van der Waals surface area contributed by atoms with E-state index in [4.69, 9.17) is 4.74 Å². The van der Waals surface area contributed by atoms with E-state index >= 15 is 0 Å². The Morgan fingerprint density at radius 2 is 1.83 bits per heavy atom. The number of carbonyl (C=O) groups is 1. The van der Waals surface area contributed by atoms with Crippen LogP contribution in [0.15, 0.2) is 53.3 Å². The van der Waals surface area contributed by atoms with Crippen molar-refractivity contribution in [1.82, 2.24) is 10.3 Å². The second kappa shape index (κ2) is 14.9. The van der Waals surface area contributed by atoms with E-state index in [1.807, 2.05) is 45.2 Å². The van der Waals surface area contributed by atoms with Crippen molar-refractivity contribution >= 4 is 18.4 Å². The van der Waals surface area contributed by atoms with Crippen molar-refractivity contribution in [2.24, 2.45) is 5.10 Å². The van der Waals surface area contributed by atoms with Crippen LogP contribution in [0.5, 0.6) is 0 Å². The zero-order valence-electron chi connectivity index (χ0n) is 21.3. The topological polar surface area (TPSA) is 57.2 Å². The normalized spacial score (nSPS) is 12.7. The van der Waals surface area contributed by atoms with Gasteiger partial charge in [-0.2, -0.15) is 5.10 Å². The van der Waals surface area contributed by atoms with E-state index in [1.165, 1.54) is 5.56 Å². The van der Waals surface area contributed by atoms with Crippen LogP contribution in [0.2, 0.25) is 0 Å². The highest BCUT2D eigenvalue weighted by molar-refractivity contribution is 5.79. The summed E-state index contributed by atoms with van der Waals surface area (Å²) in [7, 11) is 1.97. The van der Waals surface area contributed by atoms with Gasteiger partial charge in [-0.15, -0.1) is 0 Å². The third kappa shape index (κ3) is 9.37. The maximum atomic E-state index is 13.7. The van der Waals surface area contributed by atoms with Gasteiger partial charge in [-0.1, -0.05) is 24.6 Å². The number of nitrogens with one attached hydrogen (secondary N) is 1. The minimum atomic E-state index is -1.53. The van der Waals surface area contributed by atoms with Gasteiger partial charge in [-0.25, -0.2) is 13.2 Å². The molecule has 0 aromatic heterocycles. The van der Waals surface area contributed by atoms with Gasteiger partial charge < -0.3 is 9.64 Å². The number of hydrogen-bond donors (Lipinski definition) is 1. The first-order chi connectivity index (χ1) is 17.2. The quantitative estimate of drug-likeness (QED) is 0.160. The summed E-state index contributed by atoms with van der Waals surface area (Å²) in [5, 5.41) is 3.87. The molecule has 0 aliphatic heterocycles. The number of anilines is 1. The lowest BCUT2D eigenvalue weighted by molar-refractivity contribution is -0.133. The van der Waals surface area contributed by atoms with Gasteiger partial charge in [0.15, 0.2) is 17.5 Å². The Bertz CT molecular complexity index is 1030. The number of hydrazone groups is 1. The molecule has 2 rings (SSSR count). The molecule has 2 aromatic carbocycles. The number of carbonyl (C=O) groups excluding carboxylic acids is 1. The first-order valence-corrected chi connectivity index (χ1v) is 11.9. The fraction of sp³-hybridized carbons (Fsp3) is 0.407. The minimum Gasteiger partial charge on any atom is -0.463 e. The molecule has 0 aliphatic carbocycles. The fourth-order valence-electron chi connectivity index (χ4n) is 3.70. The van der Waals surface area contributed by atoms with E-state index in [2.05, 4.69) is 27.3 Å². The average molecular weight is 505 g/mol. The summed E-state index contributed by atoms with van der Waals surface area (Å²) < 4.78 is 45.4. The molecule has 0 aliphatic rings. The lowest BCUT2D eigenvalue weighted by Gasteiger charge is -2.28. The number of benzene rings is 2. The summed E-state index contributed by atoms with van der Waals surface area (Å²) >= 11 is 0. The number of nitrogens with zero attached hydrogens (tertiary/aromatic N) is 3. The summed E-state index contributed by atoms with van der Waals surface area (Å²) in [6.45, 7) is 9.36. The predicted molar refractivity (Wildman–Crippen MR) is 138 cm³/mol. The number of halogens is 3. The molecule has 0 saturated heterocycles. The Hall–Kier alpha value is -3.33. The largest absolute Gasteiger partial charge is 0.463 e. The van der Waals surface area contributed by atoms with E-state index in [9.17, 15) is 18.0 Å². The standard InChI is InChI=1S/C27H35F3N4O2/c1-5-13-34(14-12-24(36-19-35)18-33(4)23-9-6-20(2)7-10-23)17-21(3)15-31-32-16-22-8-11-25(28)27(30)26(22)29/h6-11,15-16,19,24,31H,5,12-14,17-18H2,1-4H3/b21-15+,32-16+. The molecule has 9 heteroatoms. The SMILES string of the molecule is CCCN(CCC(CN(C)c1ccc(C)cc1)OC=O)C/C(C)=C/N/N=C/c1ccc(F)c(F)c1F. The average Bonchev–Trinajstić information content (AvgIpc) is 2.85. The van der Waals surface area contributed by atoms with E-state index in [0.717, 1.165) is 49.1 Å². The predicted octanol–water partition coefficient (Wildman–Crippen LogP) is 5.02. The summed E-state index contributed by atoms with van der Waals surface area (Å²) in [4.78, 5) is 15.4. The van der Waals surface area contributed by atoms with Crippen LogP contribution in [0, 0.1) is 24.4 Å². The Morgan fingerprint density at radius 1 is 1.11 bits per heavy atom. The second-order valence-corrected chi connectivity index (χ2v) is 8.78. The Morgan fingerprint density at radius 3 is 2.50 bits per heavy atom. The van der Waals surface area contributed by atoms with Gasteiger partial charge in [-0.05, 0) is 63.1 Å². The molecule has 1 atom stereocenters. The maximum absolute atomic E-state index is 13.7. The van der Waals surface area contributed by atoms with Crippen molar-refractivity contribution in [3.63, 3.8) is 0 Å². The molecule has 0 fully saturated rings. The maximum Gasteiger partial charge on any atom is 0.293 e. The summed E-state index contributed by atoms with van der Waals surface area (Å²) in [5.74, 6) is -4.05. The van der Waals surface area contributed by atoms with Gasteiger partial charge in [0.2, 0.25) is 0 Å². The minimum absolute atomic E-state index is 0.156. The van der Waals surface area contributed by atoms with Crippen LogP contribution in [0.3, 0.4) is 0 Å². The van der Waals surface area contributed by atoms with E-state index in [1.54, 1.807) is 6.20 Å². The molecule has 36 heavy (non-hydrogen) atoms. The number of aryl methyl sites for hydroxylation is 1. The summed E-state index contributed by atoms with van der Waals surface area (Å²) in [5.41, 5.74) is 5.75. The van der Waals surface area contributed by atoms with E-state index < -0.39 is 17.5 Å². The van der Waals surface area contributed by atoms with Crippen molar-refractivity contribution in [2.75, 3.05) is 38.1 Å². The van der Waals surface area contributed by atoms with Gasteiger partial charge in [0, 0.05) is 37.6 Å². The van der Waals surface area contributed by atoms with Crippen molar-refractivity contribution in [3.8, 4) is 0 Å². The molecular formula is C27H35F3N4O2. The van der Waals surface area contributed by atoms with Crippen LogP contribution in [0.1, 0.15) is 37.8 Å². The van der Waals surface area contributed by atoms with E-state index in [0.29, 0.717) is 26.0 Å². The number of ether oxygens (including phenoxy) is 1. The molecular weight excluding hydrogens is 469 g/mol. The first-order valence-electron chi connectivity index (χ1n) is 11.9. The summed E-state index contributed by atoms with van der Waals surface area (Å²) in [6.07, 6.45) is 4.13. The van der Waals surface area contributed by atoms with Gasteiger partial charge in [0.05, 0.1) is 12.8 Å². The summed E-state index contributed by atoms with van der Waals surface area (Å²) in [6, 6.07) is 10.1. The third-order valence-corrected chi connectivity index (χ3v) is 5.63. The van der Waals surface area contributed by atoms with Crippen LogP contribution in [0.25, 0.3) is 0 Å². The second-order valence-electron chi connectivity index (χ2n) is 8.78. The molecule has 0 radical (unpaired) electrons. The molecule has 0 bridgehead atoms. The van der Waals surface area contributed by atoms with Gasteiger partial charge in [-0.3, -0.25) is 15.1 Å². The van der Waals surface area contributed by atoms with Gasteiger partial charge in [0.25, 0.3) is 6.47 Å². The van der Waals surface area contributed by atoms with Crippen LogP contribution in [-0.4, -0.2) is 56.9 Å². The van der Waals surface area contributed by atoms with Crippen molar-refractivity contribution in [3.05, 3.63) is 76.7 Å². The smallest absolute Gasteiger partial charge is 0.293 e. The number of likely N-dealkylation sites (N-methyl/N-ethyl adjacent to an activating group) is 1. The lowest BCUT2D eigenvalue weighted by atomic mass is 10.1. The third-order valence-electron chi connectivity index (χ3n) is 5.63. The van der Waals surface area contributed by atoms with Crippen LogP contribution in [0.4, 0.5) is 18.9 Å². The van der Waals surface area contributed by atoms with Crippen LogP contribution in [-0.2, 0) is 9.53 Å². The van der Waals surface area contributed by atoms with Gasteiger partial charge >= 0.3 is 0 Å². The van der Waals surface area contributed by atoms with Gasteiger partial charge in [0.1, 0.15) is 6.10 Å². The molecule has 1 N–H and O–H groups in total. The monoisotopic (exact) mass is 504 g/mol. The molecule has 1 unspecified atom stereocenters. The van der Waals surface area contributed by atoms with Crippen LogP contribution < -0.4 is 10.3 Å². The molecule has 0 heterocycles.